The molecule has 0 saturated carbocycles. The van der Waals surface area contributed by atoms with E-state index in [4.69, 9.17) is 10.00 Å². The average Bonchev–Trinajstić information content (AvgIpc) is 2.45. The highest BCUT2D eigenvalue weighted by atomic mass is 32.2. The molecule has 0 fully saturated rings. The van der Waals surface area contributed by atoms with E-state index in [-0.39, 0.29) is 5.75 Å². The number of hydrogen-bond acceptors (Lipinski definition) is 4. The minimum Gasteiger partial charge on any atom is -0.508 e. The van der Waals surface area contributed by atoms with Gasteiger partial charge in [0, 0.05) is 10.6 Å². The third-order valence-electron chi connectivity index (χ3n) is 2.61. The van der Waals surface area contributed by atoms with Crippen molar-refractivity contribution in [2.45, 2.75) is 10.6 Å². The molecule has 0 bridgehead atoms. The summed E-state index contributed by atoms with van der Waals surface area (Å²) < 4.78 is 5.18. The molecule has 0 spiro atoms. The molecule has 0 radical (unpaired) electrons. The van der Waals surface area contributed by atoms with Crippen LogP contribution in [0.4, 0.5) is 0 Å². The van der Waals surface area contributed by atoms with E-state index in [9.17, 15) is 5.11 Å². The Hall–Kier alpha value is -2.12. The second-order valence-corrected chi connectivity index (χ2v) is 4.98. The molecular formula is C15H13NO2S. The van der Waals surface area contributed by atoms with Crippen LogP contribution in [-0.4, -0.2) is 12.2 Å². The zero-order valence-corrected chi connectivity index (χ0v) is 11.3. The average molecular weight is 271 g/mol. The Morgan fingerprint density at radius 1 is 1.26 bits per heavy atom. The van der Waals surface area contributed by atoms with Gasteiger partial charge in [-0.05, 0) is 35.9 Å². The van der Waals surface area contributed by atoms with Crippen molar-refractivity contribution in [3.05, 3.63) is 53.6 Å². The largest absolute Gasteiger partial charge is 0.508 e. The molecule has 3 nitrogen and oxygen atoms in total. The first-order valence-corrected chi connectivity index (χ1v) is 6.70. The Balaban J connectivity index is 2.10. The van der Waals surface area contributed by atoms with Crippen molar-refractivity contribution >= 4 is 11.8 Å². The zero-order valence-electron chi connectivity index (χ0n) is 10.5. The number of rotatable bonds is 4. The van der Waals surface area contributed by atoms with Gasteiger partial charge in [-0.25, -0.2) is 0 Å². The molecule has 0 aliphatic carbocycles. The SMILES string of the molecule is COc1cc(CSc2cccc(O)c2)ccc1C#N. The van der Waals surface area contributed by atoms with Crippen molar-refractivity contribution in [1.29, 1.82) is 5.26 Å². The molecule has 2 rings (SSSR count). The van der Waals surface area contributed by atoms with E-state index < -0.39 is 0 Å². The Labute approximate surface area is 116 Å². The van der Waals surface area contributed by atoms with E-state index in [1.165, 1.54) is 0 Å². The van der Waals surface area contributed by atoms with E-state index in [0.29, 0.717) is 11.3 Å². The topological polar surface area (TPSA) is 53.2 Å². The number of benzene rings is 2. The van der Waals surface area contributed by atoms with Gasteiger partial charge >= 0.3 is 0 Å². The number of phenols is 1. The van der Waals surface area contributed by atoms with Crippen LogP contribution in [0.3, 0.4) is 0 Å². The fourth-order valence-electron chi connectivity index (χ4n) is 1.66. The second-order valence-electron chi connectivity index (χ2n) is 3.93. The number of ether oxygens (including phenoxy) is 1. The molecule has 0 atom stereocenters. The number of thioether (sulfide) groups is 1. The molecule has 0 aromatic heterocycles. The van der Waals surface area contributed by atoms with E-state index in [1.54, 1.807) is 37.1 Å². The van der Waals surface area contributed by atoms with Crippen molar-refractivity contribution in [3.63, 3.8) is 0 Å². The quantitative estimate of drug-likeness (QED) is 0.864. The van der Waals surface area contributed by atoms with Gasteiger partial charge in [-0.2, -0.15) is 5.26 Å². The predicted octanol–water partition coefficient (Wildman–Crippen LogP) is 3.56. The van der Waals surface area contributed by atoms with E-state index in [2.05, 4.69) is 6.07 Å². The van der Waals surface area contributed by atoms with Crippen LogP contribution in [-0.2, 0) is 5.75 Å². The van der Waals surface area contributed by atoms with Crippen molar-refractivity contribution < 1.29 is 9.84 Å². The fraction of sp³-hybridized carbons (Fsp3) is 0.133. The molecule has 96 valence electrons. The minimum atomic E-state index is 0.266. The summed E-state index contributed by atoms with van der Waals surface area (Å²) in [5.41, 5.74) is 1.61. The maximum absolute atomic E-state index is 9.39. The van der Waals surface area contributed by atoms with E-state index in [1.807, 2.05) is 24.3 Å². The van der Waals surface area contributed by atoms with Crippen LogP contribution >= 0.6 is 11.8 Å². The number of aromatic hydroxyl groups is 1. The highest BCUT2D eigenvalue weighted by Gasteiger charge is 2.04. The monoisotopic (exact) mass is 271 g/mol. The summed E-state index contributed by atoms with van der Waals surface area (Å²) in [7, 11) is 1.56. The van der Waals surface area contributed by atoms with Crippen LogP contribution in [0.1, 0.15) is 11.1 Å². The van der Waals surface area contributed by atoms with Crippen molar-refractivity contribution in [1.82, 2.24) is 0 Å². The van der Waals surface area contributed by atoms with Gasteiger partial charge in [0.2, 0.25) is 0 Å². The summed E-state index contributed by atoms with van der Waals surface area (Å²) >= 11 is 1.62. The van der Waals surface area contributed by atoms with Crippen LogP contribution in [0.15, 0.2) is 47.4 Å². The Bertz CT molecular complexity index is 620. The molecule has 0 heterocycles. The van der Waals surface area contributed by atoms with Crippen LogP contribution in [0.25, 0.3) is 0 Å². The smallest absolute Gasteiger partial charge is 0.136 e. The summed E-state index contributed by atoms with van der Waals surface area (Å²) in [5.74, 6) is 1.62. The Morgan fingerprint density at radius 2 is 2.11 bits per heavy atom. The summed E-state index contributed by atoms with van der Waals surface area (Å²) in [4.78, 5) is 1.00. The summed E-state index contributed by atoms with van der Waals surface area (Å²) in [6.07, 6.45) is 0. The molecule has 2 aromatic carbocycles. The van der Waals surface area contributed by atoms with Crippen LogP contribution in [0.5, 0.6) is 11.5 Å². The third-order valence-corrected chi connectivity index (χ3v) is 3.67. The van der Waals surface area contributed by atoms with Gasteiger partial charge in [-0.15, -0.1) is 11.8 Å². The van der Waals surface area contributed by atoms with Crippen LogP contribution in [0.2, 0.25) is 0 Å². The highest BCUT2D eigenvalue weighted by molar-refractivity contribution is 7.98. The molecular weight excluding hydrogens is 258 g/mol. The number of hydrogen-bond donors (Lipinski definition) is 1. The molecule has 0 unspecified atom stereocenters. The minimum absolute atomic E-state index is 0.266. The molecule has 1 N–H and O–H groups in total. The van der Waals surface area contributed by atoms with Crippen LogP contribution in [0, 0.1) is 11.3 Å². The van der Waals surface area contributed by atoms with E-state index >= 15 is 0 Å². The standard InChI is InChI=1S/C15H13NO2S/c1-18-15-7-11(5-6-12(15)9-16)10-19-14-4-2-3-13(17)8-14/h2-8,17H,10H2,1H3. The highest BCUT2D eigenvalue weighted by Crippen LogP contribution is 2.28. The molecule has 0 aliphatic heterocycles. The van der Waals surface area contributed by atoms with Gasteiger partial charge in [0.05, 0.1) is 12.7 Å². The molecule has 0 amide bonds. The van der Waals surface area contributed by atoms with Crippen molar-refractivity contribution in [2.75, 3.05) is 7.11 Å². The number of methoxy groups -OCH3 is 1. The van der Waals surface area contributed by atoms with Gasteiger partial charge in [0.15, 0.2) is 0 Å². The lowest BCUT2D eigenvalue weighted by Crippen LogP contribution is -1.90. The molecule has 19 heavy (non-hydrogen) atoms. The third kappa shape index (κ3) is 3.43. The van der Waals surface area contributed by atoms with Crippen molar-refractivity contribution in [3.8, 4) is 17.6 Å². The van der Waals surface area contributed by atoms with E-state index in [0.717, 1.165) is 16.2 Å². The Kier molecular flexibility index (Phi) is 4.32. The lowest BCUT2D eigenvalue weighted by Gasteiger charge is -2.06. The predicted molar refractivity (Wildman–Crippen MR) is 75.4 cm³/mol. The number of phenolic OH excluding ortho intramolecular Hbond substituents is 1. The summed E-state index contributed by atoms with van der Waals surface area (Å²) in [6, 6.07) is 14.8. The molecule has 0 saturated heterocycles. The lowest BCUT2D eigenvalue weighted by atomic mass is 10.1. The Morgan fingerprint density at radius 3 is 2.79 bits per heavy atom. The summed E-state index contributed by atoms with van der Waals surface area (Å²) in [6.45, 7) is 0. The van der Waals surface area contributed by atoms with Gasteiger partial charge in [0.1, 0.15) is 17.6 Å². The number of nitriles is 1. The first-order chi connectivity index (χ1) is 9.22. The fourth-order valence-corrected chi connectivity index (χ4v) is 2.55. The maximum atomic E-state index is 9.39. The van der Waals surface area contributed by atoms with Crippen LogP contribution < -0.4 is 4.74 Å². The van der Waals surface area contributed by atoms with Gasteiger partial charge < -0.3 is 9.84 Å². The first-order valence-electron chi connectivity index (χ1n) is 5.72. The van der Waals surface area contributed by atoms with Gasteiger partial charge in [-0.1, -0.05) is 12.1 Å². The molecule has 2 aromatic rings. The zero-order chi connectivity index (χ0) is 13.7. The first kappa shape index (κ1) is 13.3. The molecule has 4 heteroatoms. The molecule has 0 aliphatic rings. The lowest BCUT2D eigenvalue weighted by molar-refractivity contribution is 0.413. The number of nitrogens with zero attached hydrogens (tertiary/aromatic N) is 1. The van der Waals surface area contributed by atoms with Crippen molar-refractivity contribution in [2.24, 2.45) is 0 Å². The van der Waals surface area contributed by atoms with Gasteiger partial charge in [0.25, 0.3) is 0 Å². The summed E-state index contributed by atoms with van der Waals surface area (Å²) in [5, 5.41) is 18.3. The normalized spacial score (nSPS) is 9.89. The second kappa shape index (κ2) is 6.17. The maximum Gasteiger partial charge on any atom is 0.136 e. The van der Waals surface area contributed by atoms with Gasteiger partial charge in [-0.3, -0.25) is 0 Å².